The van der Waals surface area contributed by atoms with Crippen LogP contribution in [0.2, 0.25) is 0 Å². The minimum absolute atomic E-state index is 0.150. The molecule has 0 fully saturated rings. The monoisotopic (exact) mass is 478 g/mol. The zero-order chi connectivity index (χ0) is 24.1. The molecule has 0 saturated carbocycles. The van der Waals surface area contributed by atoms with E-state index in [1.807, 2.05) is 6.92 Å². The SMILES string of the molecule is CCOc1ccc(NC(=O)CNC(=O)c2ccc(NC3=NS(=O)(=O)c4ccccc43)cc2)cc1. The third kappa shape index (κ3) is 5.24. The van der Waals surface area contributed by atoms with E-state index < -0.39 is 15.9 Å². The number of carbonyl (C=O) groups is 2. The van der Waals surface area contributed by atoms with Crippen molar-refractivity contribution >= 4 is 39.0 Å². The van der Waals surface area contributed by atoms with Crippen LogP contribution in [0.4, 0.5) is 11.4 Å². The number of hydrogen-bond acceptors (Lipinski definition) is 6. The van der Waals surface area contributed by atoms with E-state index in [1.165, 1.54) is 6.07 Å². The van der Waals surface area contributed by atoms with Gasteiger partial charge in [-0.3, -0.25) is 9.59 Å². The molecule has 3 aromatic carbocycles. The van der Waals surface area contributed by atoms with Crippen molar-refractivity contribution in [3.05, 3.63) is 83.9 Å². The Morgan fingerprint density at radius 2 is 1.59 bits per heavy atom. The second-order valence-corrected chi connectivity index (χ2v) is 8.87. The van der Waals surface area contributed by atoms with E-state index in [2.05, 4.69) is 20.3 Å². The molecular weight excluding hydrogens is 456 g/mol. The zero-order valence-corrected chi connectivity index (χ0v) is 19.1. The Kier molecular flexibility index (Phi) is 6.60. The molecule has 0 atom stereocenters. The molecule has 3 aromatic rings. The molecule has 0 aliphatic carbocycles. The molecule has 174 valence electrons. The molecule has 0 saturated heterocycles. The lowest BCUT2D eigenvalue weighted by molar-refractivity contribution is -0.115. The molecule has 3 N–H and O–H groups in total. The van der Waals surface area contributed by atoms with Crippen LogP contribution in [0, 0.1) is 0 Å². The van der Waals surface area contributed by atoms with Gasteiger partial charge in [-0.25, -0.2) is 0 Å². The molecule has 2 amide bonds. The molecule has 0 bridgehead atoms. The van der Waals surface area contributed by atoms with Crippen LogP contribution in [0.15, 0.2) is 82.1 Å². The normalized spacial score (nSPS) is 13.4. The molecule has 4 rings (SSSR count). The summed E-state index contributed by atoms with van der Waals surface area (Å²) in [4.78, 5) is 24.7. The molecule has 0 spiro atoms. The highest BCUT2D eigenvalue weighted by Crippen LogP contribution is 2.26. The van der Waals surface area contributed by atoms with Crippen molar-refractivity contribution in [2.75, 3.05) is 23.8 Å². The van der Waals surface area contributed by atoms with Crippen LogP contribution in [-0.2, 0) is 14.8 Å². The highest BCUT2D eigenvalue weighted by molar-refractivity contribution is 7.90. The highest BCUT2D eigenvalue weighted by Gasteiger charge is 2.28. The van der Waals surface area contributed by atoms with Crippen LogP contribution in [0.5, 0.6) is 5.75 Å². The summed E-state index contributed by atoms with van der Waals surface area (Å²) in [6, 6.07) is 19.9. The van der Waals surface area contributed by atoms with Gasteiger partial charge in [0.1, 0.15) is 10.6 Å². The molecule has 34 heavy (non-hydrogen) atoms. The fourth-order valence-corrected chi connectivity index (χ4v) is 4.48. The van der Waals surface area contributed by atoms with Gasteiger partial charge in [-0.1, -0.05) is 12.1 Å². The van der Waals surface area contributed by atoms with Crippen LogP contribution < -0.4 is 20.7 Å². The van der Waals surface area contributed by atoms with E-state index in [9.17, 15) is 18.0 Å². The first-order valence-electron chi connectivity index (χ1n) is 10.5. The number of fused-ring (bicyclic) bond motifs is 1. The van der Waals surface area contributed by atoms with Crippen LogP contribution >= 0.6 is 0 Å². The van der Waals surface area contributed by atoms with Crippen LogP contribution in [0.1, 0.15) is 22.8 Å². The van der Waals surface area contributed by atoms with Crippen molar-refractivity contribution in [2.45, 2.75) is 11.8 Å². The van der Waals surface area contributed by atoms with Gasteiger partial charge < -0.3 is 20.7 Å². The standard InChI is InChI=1S/C24H22N4O5S/c1-2-33-19-13-11-17(12-14-19)26-22(29)15-25-24(30)16-7-9-18(10-8-16)27-23-20-5-3-4-6-21(20)34(31,32)28-23/h3-14H,2,15H2,1H3,(H,25,30)(H,26,29)(H,27,28). The molecule has 10 heteroatoms. The average molecular weight is 479 g/mol. The lowest BCUT2D eigenvalue weighted by Gasteiger charge is -2.09. The maximum Gasteiger partial charge on any atom is 0.285 e. The summed E-state index contributed by atoms with van der Waals surface area (Å²) in [7, 11) is -3.72. The van der Waals surface area contributed by atoms with E-state index >= 15 is 0 Å². The van der Waals surface area contributed by atoms with Crippen molar-refractivity contribution < 1.29 is 22.7 Å². The number of nitrogens with one attached hydrogen (secondary N) is 3. The first-order chi connectivity index (χ1) is 16.4. The van der Waals surface area contributed by atoms with Crippen LogP contribution in [0.3, 0.4) is 0 Å². The molecule has 9 nitrogen and oxygen atoms in total. The molecule has 1 aliphatic rings. The first kappa shape index (κ1) is 23.0. The molecule has 1 aliphatic heterocycles. The summed E-state index contributed by atoms with van der Waals surface area (Å²) < 4.78 is 33.5. The summed E-state index contributed by atoms with van der Waals surface area (Å²) in [5, 5.41) is 8.24. The largest absolute Gasteiger partial charge is 0.494 e. The van der Waals surface area contributed by atoms with E-state index in [-0.39, 0.29) is 23.2 Å². The maximum absolute atomic E-state index is 12.4. The summed E-state index contributed by atoms with van der Waals surface area (Å²) in [5.41, 5.74) is 2.00. The number of hydrogen-bond donors (Lipinski definition) is 3. The Morgan fingerprint density at radius 1 is 0.912 bits per heavy atom. The topological polar surface area (TPSA) is 126 Å². The van der Waals surface area contributed by atoms with Gasteiger partial charge in [0.25, 0.3) is 15.9 Å². The number of benzene rings is 3. The third-order valence-electron chi connectivity index (χ3n) is 4.90. The van der Waals surface area contributed by atoms with Gasteiger partial charge in [-0.05, 0) is 67.6 Å². The smallest absolute Gasteiger partial charge is 0.285 e. The fraction of sp³-hybridized carbons (Fsp3) is 0.125. The van der Waals surface area contributed by atoms with Gasteiger partial charge in [0.15, 0.2) is 5.84 Å². The average Bonchev–Trinajstić information content (AvgIpc) is 3.09. The highest BCUT2D eigenvalue weighted by atomic mass is 32.2. The number of sulfonamides is 1. The summed E-state index contributed by atoms with van der Waals surface area (Å²) in [5.74, 6) is 0.144. The van der Waals surface area contributed by atoms with Crippen LogP contribution in [-0.4, -0.2) is 39.2 Å². The fourth-order valence-electron chi connectivity index (χ4n) is 3.31. The lowest BCUT2D eigenvalue weighted by atomic mass is 10.1. The molecule has 0 aromatic heterocycles. The van der Waals surface area contributed by atoms with Gasteiger partial charge in [0.2, 0.25) is 5.91 Å². The predicted molar refractivity (Wildman–Crippen MR) is 129 cm³/mol. The minimum atomic E-state index is -3.72. The summed E-state index contributed by atoms with van der Waals surface area (Å²) >= 11 is 0. The molecule has 0 radical (unpaired) electrons. The number of anilines is 2. The number of amides is 2. The van der Waals surface area contributed by atoms with Crippen molar-refractivity contribution in [2.24, 2.45) is 4.40 Å². The van der Waals surface area contributed by atoms with Gasteiger partial charge in [-0.2, -0.15) is 8.42 Å². The Hall–Kier alpha value is -4.18. The van der Waals surface area contributed by atoms with Crippen LogP contribution in [0.25, 0.3) is 0 Å². The second kappa shape index (κ2) is 9.75. The van der Waals surface area contributed by atoms with E-state index in [0.29, 0.717) is 34.9 Å². The van der Waals surface area contributed by atoms with Crippen molar-refractivity contribution in [1.82, 2.24) is 5.32 Å². The quantitative estimate of drug-likeness (QED) is 0.479. The Labute approximate surface area is 196 Å². The van der Waals surface area contributed by atoms with Crippen molar-refractivity contribution in [1.29, 1.82) is 0 Å². The predicted octanol–water partition coefficient (Wildman–Crippen LogP) is 3.01. The van der Waals surface area contributed by atoms with E-state index in [1.54, 1.807) is 66.7 Å². The van der Waals surface area contributed by atoms with Gasteiger partial charge in [-0.15, -0.1) is 4.40 Å². The summed E-state index contributed by atoms with van der Waals surface area (Å²) in [6.07, 6.45) is 0. The molecule has 1 heterocycles. The number of carbonyl (C=O) groups excluding carboxylic acids is 2. The number of nitrogens with zero attached hydrogens (tertiary/aromatic N) is 1. The second-order valence-electron chi connectivity index (χ2n) is 7.30. The summed E-state index contributed by atoms with van der Waals surface area (Å²) in [6.45, 7) is 2.25. The van der Waals surface area contributed by atoms with E-state index in [4.69, 9.17) is 4.74 Å². The Bertz CT molecular complexity index is 1350. The molecule has 0 unspecified atom stereocenters. The number of ether oxygens (including phenoxy) is 1. The lowest BCUT2D eigenvalue weighted by Crippen LogP contribution is -2.32. The third-order valence-corrected chi connectivity index (χ3v) is 6.23. The van der Waals surface area contributed by atoms with Gasteiger partial charge in [0, 0.05) is 22.5 Å². The zero-order valence-electron chi connectivity index (χ0n) is 18.2. The number of amidine groups is 1. The van der Waals surface area contributed by atoms with Crippen molar-refractivity contribution in [3.63, 3.8) is 0 Å². The van der Waals surface area contributed by atoms with Crippen molar-refractivity contribution in [3.8, 4) is 5.75 Å². The van der Waals surface area contributed by atoms with Gasteiger partial charge in [0.05, 0.1) is 13.2 Å². The first-order valence-corrected chi connectivity index (χ1v) is 11.9. The van der Waals surface area contributed by atoms with Gasteiger partial charge >= 0.3 is 0 Å². The Morgan fingerprint density at radius 3 is 2.29 bits per heavy atom. The van der Waals surface area contributed by atoms with E-state index in [0.717, 1.165) is 0 Å². The Balaban J connectivity index is 1.32. The molecular formula is C24H22N4O5S. The maximum atomic E-state index is 12.4. The number of rotatable bonds is 7. The minimum Gasteiger partial charge on any atom is -0.494 e.